The molecular weight excluding hydrogens is 322 g/mol. The van der Waals surface area contributed by atoms with E-state index in [0.717, 1.165) is 4.90 Å². The Hall–Kier alpha value is -3.68. The van der Waals surface area contributed by atoms with Gasteiger partial charge in [0, 0.05) is 18.3 Å². The van der Waals surface area contributed by atoms with Crippen molar-refractivity contribution < 1.29 is 9.21 Å². The molecule has 3 aromatic rings. The van der Waals surface area contributed by atoms with Gasteiger partial charge in [-0.3, -0.25) is 15.1 Å². The van der Waals surface area contributed by atoms with Crippen LogP contribution in [0.3, 0.4) is 0 Å². The van der Waals surface area contributed by atoms with Crippen LogP contribution in [-0.4, -0.2) is 23.9 Å². The number of nitrogens with zero attached hydrogens (tertiary/aromatic N) is 2. The van der Waals surface area contributed by atoms with Gasteiger partial charge in [0.25, 0.3) is 5.91 Å². The SMILES string of the molecule is CN(C(=O)c1cccc(NC(=N)N)c1)c1nc2ccccc2c(=O)o1. The second-order valence-corrected chi connectivity index (χ2v) is 5.28. The molecule has 1 amide bonds. The van der Waals surface area contributed by atoms with E-state index in [1.54, 1.807) is 48.5 Å². The molecule has 4 N–H and O–H groups in total. The molecule has 0 saturated carbocycles. The highest BCUT2D eigenvalue weighted by atomic mass is 16.4. The molecule has 1 heterocycles. The number of hydrogen-bond acceptors (Lipinski definition) is 5. The third-order valence-electron chi connectivity index (χ3n) is 3.50. The van der Waals surface area contributed by atoms with Crippen LogP contribution < -0.4 is 21.6 Å². The highest BCUT2D eigenvalue weighted by Crippen LogP contribution is 2.17. The Kier molecular flexibility index (Phi) is 4.17. The predicted octanol–water partition coefficient (Wildman–Crippen LogP) is 1.77. The molecule has 0 aliphatic rings. The zero-order chi connectivity index (χ0) is 18.0. The molecule has 8 heteroatoms. The van der Waals surface area contributed by atoms with Crippen LogP contribution in [0, 0.1) is 5.41 Å². The molecule has 0 bridgehead atoms. The number of benzene rings is 2. The number of carbonyl (C=O) groups excluding carboxylic acids is 1. The minimum absolute atomic E-state index is 0.0985. The number of anilines is 2. The summed E-state index contributed by atoms with van der Waals surface area (Å²) in [5.41, 5.74) is 6.00. The number of fused-ring (bicyclic) bond motifs is 1. The Labute approximate surface area is 142 Å². The van der Waals surface area contributed by atoms with Gasteiger partial charge in [0.2, 0.25) is 0 Å². The number of amides is 1. The molecule has 0 atom stereocenters. The third-order valence-corrected chi connectivity index (χ3v) is 3.50. The fourth-order valence-electron chi connectivity index (χ4n) is 2.32. The third kappa shape index (κ3) is 3.32. The minimum Gasteiger partial charge on any atom is -0.388 e. The molecule has 3 rings (SSSR count). The van der Waals surface area contributed by atoms with Gasteiger partial charge in [-0.25, -0.2) is 4.79 Å². The summed E-state index contributed by atoms with van der Waals surface area (Å²) < 4.78 is 5.16. The summed E-state index contributed by atoms with van der Waals surface area (Å²) in [5, 5.41) is 10.2. The number of rotatable bonds is 3. The molecule has 0 spiro atoms. The van der Waals surface area contributed by atoms with Crippen molar-refractivity contribution in [3.05, 3.63) is 64.5 Å². The molecule has 2 aromatic carbocycles. The number of guanidine groups is 1. The van der Waals surface area contributed by atoms with E-state index in [4.69, 9.17) is 15.6 Å². The van der Waals surface area contributed by atoms with Gasteiger partial charge in [-0.1, -0.05) is 18.2 Å². The van der Waals surface area contributed by atoms with E-state index in [1.165, 1.54) is 7.05 Å². The number of nitrogens with one attached hydrogen (secondary N) is 2. The Morgan fingerprint density at radius 1 is 1.24 bits per heavy atom. The van der Waals surface area contributed by atoms with Crippen molar-refractivity contribution >= 4 is 34.5 Å². The Bertz CT molecular complexity index is 1030. The van der Waals surface area contributed by atoms with Crippen LogP contribution in [0.2, 0.25) is 0 Å². The van der Waals surface area contributed by atoms with Crippen molar-refractivity contribution in [3.8, 4) is 0 Å². The zero-order valence-corrected chi connectivity index (χ0v) is 13.3. The molecule has 0 aliphatic carbocycles. The molecular formula is C17H15N5O3. The summed E-state index contributed by atoms with van der Waals surface area (Å²) in [4.78, 5) is 30.1. The number of hydrogen-bond donors (Lipinski definition) is 3. The summed E-state index contributed by atoms with van der Waals surface area (Å²) in [6, 6.07) is 13.1. The van der Waals surface area contributed by atoms with Crippen LogP contribution in [0.1, 0.15) is 10.4 Å². The first kappa shape index (κ1) is 16.2. The van der Waals surface area contributed by atoms with Crippen molar-refractivity contribution in [2.24, 2.45) is 5.73 Å². The standard InChI is InChI=1S/C17H15N5O3/c1-22(14(23)10-5-4-6-11(9-10)20-16(18)19)17-21-13-8-3-2-7-12(13)15(24)25-17/h2-9H,1H3,(H4,18,19,20). The summed E-state index contributed by atoms with van der Waals surface area (Å²) >= 11 is 0. The van der Waals surface area contributed by atoms with Crippen molar-refractivity contribution in [2.75, 3.05) is 17.3 Å². The maximum absolute atomic E-state index is 12.6. The van der Waals surface area contributed by atoms with Gasteiger partial charge in [0.05, 0.1) is 10.9 Å². The second-order valence-electron chi connectivity index (χ2n) is 5.28. The van der Waals surface area contributed by atoms with E-state index < -0.39 is 11.5 Å². The smallest absolute Gasteiger partial charge is 0.348 e. The fourth-order valence-corrected chi connectivity index (χ4v) is 2.32. The molecule has 0 aliphatic heterocycles. The Balaban J connectivity index is 1.95. The molecule has 1 aromatic heterocycles. The van der Waals surface area contributed by atoms with Gasteiger partial charge >= 0.3 is 11.6 Å². The van der Waals surface area contributed by atoms with Crippen LogP contribution in [0.5, 0.6) is 0 Å². The number of nitrogens with two attached hydrogens (primary N) is 1. The van der Waals surface area contributed by atoms with Crippen LogP contribution in [-0.2, 0) is 0 Å². The average molecular weight is 337 g/mol. The topological polar surface area (TPSA) is 125 Å². The lowest BCUT2D eigenvalue weighted by atomic mass is 10.2. The van der Waals surface area contributed by atoms with Crippen LogP contribution in [0.25, 0.3) is 10.9 Å². The molecule has 0 saturated heterocycles. The number of carbonyl (C=O) groups is 1. The molecule has 0 radical (unpaired) electrons. The van der Waals surface area contributed by atoms with E-state index in [9.17, 15) is 9.59 Å². The monoisotopic (exact) mass is 337 g/mol. The summed E-state index contributed by atoms with van der Waals surface area (Å²) in [5.74, 6) is -0.654. The maximum atomic E-state index is 12.6. The summed E-state index contributed by atoms with van der Waals surface area (Å²) in [6.07, 6.45) is 0. The first-order valence-corrected chi connectivity index (χ1v) is 7.35. The molecule has 0 fully saturated rings. The Morgan fingerprint density at radius 3 is 2.76 bits per heavy atom. The van der Waals surface area contributed by atoms with E-state index >= 15 is 0 Å². The molecule has 25 heavy (non-hydrogen) atoms. The lowest BCUT2D eigenvalue weighted by Gasteiger charge is -2.15. The normalized spacial score (nSPS) is 10.4. The highest BCUT2D eigenvalue weighted by Gasteiger charge is 2.18. The average Bonchev–Trinajstić information content (AvgIpc) is 2.60. The van der Waals surface area contributed by atoms with Gasteiger partial charge in [0.15, 0.2) is 5.96 Å². The quantitative estimate of drug-likeness (QED) is 0.494. The van der Waals surface area contributed by atoms with Crippen molar-refractivity contribution in [3.63, 3.8) is 0 Å². The van der Waals surface area contributed by atoms with Crippen LogP contribution >= 0.6 is 0 Å². The van der Waals surface area contributed by atoms with Crippen molar-refractivity contribution in [1.82, 2.24) is 4.98 Å². The zero-order valence-electron chi connectivity index (χ0n) is 13.3. The molecule has 0 unspecified atom stereocenters. The largest absolute Gasteiger partial charge is 0.388 e. The van der Waals surface area contributed by atoms with Gasteiger partial charge in [-0.2, -0.15) is 4.98 Å². The first-order chi connectivity index (χ1) is 12.0. The molecule has 126 valence electrons. The lowest BCUT2D eigenvalue weighted by Crippen LogP contribution is -2.28. The number of para-hydroxylation sites is 1. The molecule has 8 nitrogen and oxygen atoms in total. The van der Waals surface area contributed by atoms with Gasteiger partial charge < -0.3 is 15.5 Å². The van der Waals surface area contributed by atoms with E-state index in [-0.39, 0.29) is 12.0 Å². The van der Waals surface area contributed by atoms with Gasteiger partial charge in [0.1, 0.15) is 0 Å². The minimum atomic E-state index is -0.563. The first-order valence-electron chi connectivity index (χ1n) is 7.35. The van der Waals surface area contributed by atoms with Crippen molar-refractivity contribution in [2.45, 2.75) is 0 Å². The maximum Gasteiger partial charge on any atom is 0.348 e. The summed E-state index contributed by atoms with van der Waals surface area (Å²) in [6.45, 7) is 0. The fraction of sp³-hybridized carbons (Fsp3) is 0.0588. The van der Waals surface area contributed by atoms with E-state index in [1.807, 2.05) is 0 Å². The highest BCUT2D eigenvalue weighted by molar-refractivity contribution is 6.05. The van der Waals surface area contributed by atoms with Crippen LogP contribution in [0.4, 0.5) is 11.7 Å². The van der Waals surface area contributed by atoms with Crippen molar-refractivity contribution in [1.29, 1.82) is 5.41 Å². The number of aromatic nitrogens is 1. The van der Waals surface area contributed by atoms with Gasteiger partial charge in [-0.05, 0) is 30.3 Å². The predicted molar refractivity (Wildman–Crippen MR) is 95.0 cm³/mol. The van der Waals surface area contributed by atoms with E-state index in [2.05, 4.69) is 10.3 Å². The van der Waals surface area contributed by atoms with E-state index in [0.29, 0.717) is 22.2 Å². The lowest BCUT2D eigenvalue weighted by molar-refractivity contribution is 0.0987. The second kappa shape index (κ2) is 6.44. The summed E-state index contributed by atoms with van der Waals surface area (Å²) in [7, 11) is 1.47. The van der Waals surface area contributed by atoms with Gasteiger partial charge in [-0.15, -0.1) is 0 Å². The van der Waals surface area contributed by atoms with Crippen LogP contribution in [0.15, 0.2) is 57.7 Å². The Morgan fingerprint density at radius 2 is 2.00 bits per heavy atom.